The molecule has 2 aromatic rings. The van der Waals surface area contributed by atoms with Crippen molar-refractivity contribution in [1.82, 2.24) is 20.1 Å². The van der Waals surface area contributed by atoms with E-state index in [2.05, 4.69) is 20.1 Å². The van der Waals surface area contributed by atoms with E-state index < -0.39 is 9.84 Å². The fraction of sp³-hybridized carbons (Fsp3) is 0.591. The average Bonchev–Trinajstić information content (AvgIpc) is 3.21. The van der Waals surface area contributed by atoms with Crippen LogP contribution in [0.25, 0.3) is 0 Å². The van der Waals surface area contributed by atoms with E-state index in [1.54, 1.807) is 17.0 Å². The zero-order valence-corrected chi connectivity index (χ0v) is 19.1. The molecule has 4 rings (SSSR count). The number of urea groups is 1. The quantitative estimate of drug-likeness (QED) is 0.755. The second kappa shape index (κ2) is 8.98. The third kappa shape index (κ3) is 4.61. The number of nitrogens with one attached hydrogen (secondary N) is 1. The van der Waals surface area contributed by atoms with E-state index in [-0.39, 0.29) is 17.1 Å². The molecule has 0 radical (unpaired) electrons. The van der Waals surface area contributed by atoms with Crippen LogP contribution in [0.15, 0.2) is 29.6 Å². The van der Waals surface area contributed by atoms with E-state index in [4.69, 9.17) is 0 Å². The summed E-state index contributed by atoms with van der Waals surface area (Å²) in [7, 11) is -3.41. The molecule has 31 heavy (non-hydrogen) atoms. The van der Waals surface area contributed by atoms with Crippen molar-refractivity contribution in [1.29, 1.82) is 0 Å². The molecule has 2 aromatic heterocycles. The highest BCUT2D eigenvalue weighted by molar-refractivity contribution is 7.90. The number of nitrogens with zero attached hydrogens (tertiary/aromatic N) is 4. The molecule has 168 valence electrons. The van der Waals surface area contributed by atoms with Gasteiger partial charge in [0.1, 0.15) is 0 Å². The molecule has 1 fully saturated rings. The maximum atomic E-state index is 13.2. The number of carbonyl (C=O) groups is 1. The molecule has 2 amide bonds. The number of carbonyl (C=O) groups excluding carboxylic acids is 1. The van der Waals surface area contributed by atoms with Crippen molar-refractivity contribution < 1.29 is 13.2 Å². The lowest BCUT2D eigenvalue weighted by atomic mass is 9.95. The summed E-state index contributed by atoms with van der Waals surface area (Å²) in [5.41, 5.74) is 2.79. The van der Waals surface area contributed by atoms with Crippen LogP contribution in [0.5, 0.6) is 0 Å². The number of sulfone groups is 1. The molecular weight excluding hydrogens is 414 g/mol. The Bertz CT molecular complexity index is 1040. The molecule has 3 heterocycles. The van der Waals surface area contributed by atoms with Gasteiger partial charge in [0.15, 0.2) is 14.9 Å². The van der Waals surface area contributed by atoms with Crippen LogP contribution >= 0.6 is 0 Å². The van der Waals surface area contributed by atoms with Gasteiger partial charge in [-0.3, -0.25) is 9.58 Å². The number of hydrogen-bond acceptors (Lipinski definition) is 5. The molecule has 0 bridgehead atoms. The Kier molecular flexibility index (Phi) is 6.31. The summed E-state index contributed by atoms with van der Waals surface area (Å²) in [6.45, 7) is 2.62. The predicted octanol–water partition coefficient (Wildman–Crippen LogP) is 3.80. The number of fused-ring (bicyclic) bond motifs is 1. The maximum absolute atomic E-state index is 13.2. The molecule has 0 spiro atoms. The molecular formula is C22H31N5O3S. The van der Waals surface area contributed by atoms with E-state index in [0.29, 0.717) is 19.0 Å². The van der Waals surface area contributed by atoms with E-state index in [0.717, 1.165) is 48.9 Å². The van der Waals surface area contributed by atoms with Gasteiger partial charge in [-0.15, -0.1) is 0 Å². The Labute approximate surface area is 184 Å². The highest BCUT2D eigenvalue weighted by Gasteiger charge is 2.30. The third-order valence-electron chi connectivity index (χ3n) is 6.38. The third-order valence-corrected chi connectivity index (χ3v) is 7.36. The van der Waals surface area contributed by atoms with Gasteiger partial charge in [-0.25, -0.2) is 18.2 Å². The number of hydrogen-bond donors (Lipinski definition) is 1. The smallest absolute Gasteiger partial charge is 0.322 e. The maximum Gasteiger partial charge on any atom is 0.322 e. The first-order valence-corrected chi connectivity index (χ1v) is 13.1. The average molecular weight is 446 g/mol. The first kappa shape index (κ1) is 21.8. The Morgan fingerprint density at radius 3 is 2.74 bits per heavy atom. The summed E-state index contributed by atoms with van der Waals surface area (Å²) in [6.07, 6.45) is 13.0. The first-order chi connectivity index (χ1) is 14.9. The monoisotopic (exact) mass is 445 g/mol. The second-order valence-corrected chi connectivity index (χ2v) is 10.5. The van der Waals surface area contributed by atoms with E-state index >= 15 is 0 Å². The highest BCUT2D eigenvalue weighted by Crippen LogP contribution is 2.34. The Morgan fingerprint density at radius 1 is 1.26 bits per heavy atom. The van der Waals surface area contributed by atoms with Gasteiger partial charge in [0.25, 0.3) is 0 Å². The Balaban J connectivity index is 1.53. The molecule has 2 aliphatic rings. The van der Waals surface area contributed by atoms with Crippen LogP contribution in [0, 0.1) is 0 Å². The Morgan fingerprint density at radius 2 is 2.03 bits per heavy atom. The summed E-state index contributed by atoms with van der Waals surface area (Å²) < 4.78 is 25.9. The topological polar surface area (TPSA) is 97.2 Å². The van der Waals surface area contributed by atoms with Crippen molar-refractivity contribution in [3.63, 3.8) is 0 Å². The SMILES string of the molecule is CCC(NC(=O)N1CCCc2c1cnn2C1CCCCC1)c1ccnc(S(C)(=O)=O)c1. The number of amides is 2. The zero-order valence-electron chi connectivity index (χ0n) is 18.2. The number of aromatic nitrogens is 3. The summed E-state index contributed by atoms with van der Waals surface area (Å²) in [5.74, 6) is 0. The summed E-state index contributed by atoms with van der Waals surface area (Å²) >= 11 is 0. The van der Waals surface area contributed by atoms with Gasteiger partial charge >= 0.3 is 6.03 Å². The number of pyridine rings is 1. The van der Waals surface area contributed by atoms with Crippen LogP contribution in [-0.4, -0.2) is 42.0 Å². The lowest BCUT2D eigenvalue weighted by molar-refractivity contribution is 0.241. The Hall–Kier alpha value is -2.42. The van der Waals surface area contributed by atoms with E-state index in [1.165, 1.54) is 25.5 Å². The lowest BCUT2D eigenvalue weighted by Gasteiger charge is -2.31. The molecule has 1 saturated carbocycles. The van der Waals surface area contributed by atoms with Crippen molar-refractivity contribution in [3.05, 3.63) is 35.8 Å². The van der Waals surface area contributed by atoms with Crippen molar-refractivity contribution in [2.24, 2.45) is 0 Å². The van der Waals surface area contributed by atoms with Crippen molar-refractivity contribution in [3.8, 4) is 0 Å². The minimum absolute atomic E-state index is 0.0201. The second-order valence-electron chi connectivity index (χ2n) is 8.58. The minimum Gasteiger partial charge on any atom is -0.331 e. The molecule has 1 aliphatic carbocycles. The molecule has 9 heteroatoms. The molecule has 8 nitrogen and oxygen atoms in total. The van der Waals surface area contributed by atoms with Crippen molar-refractivity contribution in [2.45, 2.75) is 75.4 Å². The van der Waals surface area contributed by atoms with Gasteiger partial charge in [-0.05, 0) is 49.8 Å². The molecule has 1 unspecified atom stereocenters. The van der Waals surface area contributed by atoms with Gasteiger partial charge in [0, 0.05) is 19.0 Å². The van der Waals surface area contributed by atoms with Gasteiger partial charge < -0.3 is 5.32 Å². The van der Waals surface area contributed by atoms with E-state index in [9.17, 15) is 13.2 Å². The van der Waals surface area contributed by atoms with Gasteiger partial charge in [0.05, 0.1) is 29.7 Å². The summed E-state index contributed by atoms with van der Waals surface area (Å²) in [6, 6.07) is 3.27. The van der Waals surface area contributed by atoms with Gasteiger partial charge in [-0.1, -0.05) is 26.2 Å². The highest BCUT2D eigenvalue weighted by atomic mass is 32.2. The normalized spacial score (nSPS) is 18.5. The van der Waals surface area contributed by atoms with Crippen LogP contribution in [0.4, 0.5) is 10.5 Å². The molecule has 0 aromatic carbocycles. The zero-order chi connectivity index (χ0) is 22.0. The number of rotatable bonds is 5. The van der Waals surface area contributed by atoms with Crippen LogP contribution < -0.4 is 10.2 Å². The summed E-state index contributed by atoms with van der Waals surface area (Å²) in [4.78, 5) is 19.0. The number of anilines is 1. The predicted molar refractivity (Wildman–Crippen MR) is 119 cm³/mol. The van der Waals surface area contributed by atoms with E-state index in [1.807, 2.05) is 13.1 Å². The fourth-order valence-corrected chi connectivity index (χ4v) is 5.32. The molecule has 1 aliphatic heterocycles. The van der Waals surface area contributed by atoms with Crippen LogP contribution in [-0.2, 0) is 16.3 Å². The molecule has 1 atom stereocenters. The first-order valence-electron chi connectivity index (χ1n) is 11.2. The largest absolute Gasteiger partial charge is 0.331 e. The fourth-order valence-electron chi connectivity index (χ4n) is 4.72. The van der Waals surface area contributed by atoms with Gasteiger partial charge in [-0.2, -0.15) is 5.10 Å². The molecule has 1 N–H and O–H groups in total. The van der Waals surface area contributed by atoms with Crippen LogP contribution in [0.2, 0.25) is 0 Å². The standard InChI is InChI=1S/C22H31N5O3S/c1-3-18(16-11-12-23-21(14-16)31(2,29)30)25-22(28)26-13-7-10-19-20(26)15-24-27(19)17-8-5-4-6-9-17/h11-12,14-15,17-18H,3-10,13H2,1-2H3,(H,25,28). The minimum atomic E-state index is -3.41. The van der Waals surface area contributed by atoms with Crippen LogP contribution in [0.1, 0.15) is 75.2 Å². The van der Waals surface area contributed by atoms with Crippen molar-refractivity contribution in [2.75, 3.05) is 17.7 Å². The summed E-state index contributed by atoms with van der Waals surface area (Å²) in [5, 5.41) is 7.78. The van der Waals surface area contributed by atoms with Gasteiger partial charge in [0.2, 0.25) is 0 Å². The van der Waals surface area contributed by atoms with Crippen LogP contribution in [0.3, 0.4) is 0 Å². The lowest BCUT2D eigenvalue weighted by Crippen LogP contribution is -2.44. The molecule has 0 saturated heterocycles. The van der Waals surface area contributed by atoms with Crippen molar-refractivity contribution >= 4 is 21.6 Å².